The molecule has 1 aromatic carbocycles. The smallest absolute Gasteiger partial charge is 0.324 e. The number of benzene rings is 1. The summed E-state index contributed by atoms with van der Waals surface area (Å²) in [5.74, 6) is -0.676. The fourth-order valence-corrected chi connectivity index (χ4v) is 6.52. The van der Waals surface area contributed by atoms with Crippen LogP contribution in [0.3, 0.4) is 0 Å². The average molecular weight is 510 g/mol. The lowest BCUT2D eigenvalue weighted by Gasteiger charge is -2.34. The van der Waals surface area contributed by atoms with E-state index in [1.165, 1.54) is 0 Å². The molecule has 1 aliphatic rings. The molecule has 0 radical (unpaired) electrons. The van der Waals surface area contributed by atoms with E-state index in [2.05, 4.69) is 10.3 Å². The van der Waals surface area contributed by atoms with Crippen molar-refractivity contribution < 1.29 is 27.9 Å². The van der Waals surface area contributed by atoms with Crippen LogP contribution in [0.2, 0.25) is 0 Å². The Hall–Kier alpha value is -2.66. The number of nitrogens with zero attached hydrogens (tertiary/aromatic N) is 2. The van der Waals surface area contributed by atoms with Crippen LogP contribution in [0.15, 0.2) is 40.7 Å². The van der Waals surface area contributed by atoms with Crippen molar-refractivity contribution in [3.8, 4) is 5.75 Å². The highest BCUT2D eigenvalue weighted by Gasteiger charge is 2.44. The minimum Gasteiger partial charge on any atom is -0.494 e. The van der Waals surface area contributed by atoms with Crippen molar-refractivity contribution in [2.75, 3.05) is 18.5 Å². The van der Waals surface area contributed by atoms with Crippen LogP contribution in [0, 0.1) is 0 Å². The summed E-state index contributed by atoms with van der Waals surface area (Å²) < 4.78 is 29.0. The SMILES string of the molecule is CC(C)(C(=O)O)S(=O)(=O)c1cnc(NC(=O)N(CCCOc2ccccc2)C2CCCCC2)s1. The number of urea groups is 1. The zero-order valence-electron chi connectivity index (χ0n) is 19.4. The Balaban J connectivity index is 1.66. The van der Waals surface area contributed by atoms with Gasteiger partial charge in [-0.25, -0.2) is 18.2 Å². The lowest BCUT2D eigenvalue weighted by atomic mass is 9.94. The first-order valence-corrected chi connectivity index (χ1v) is 13.6. The summed E-state index contributed by atoms with van der Waals surface area (Å²) in [6.07, 6.45) is 6.82. The fourth-order valence-electron chi connectivity index (χ4n) is 3.76. The molecule has 0 atom stereocenters. The molecule has 1 heterocycles. The predicted octanol–water partition coefficient (Wildman–Crippen LogP) is 4.42. The molecule has 1 aliphatic carbocycles. The normalized spacial score (nSPS) is 15.0. The van der Waals surface area contributed by atoms with E-state index < -0.39 is 20.6 Å². The van der Waals surface area contributed by atoms with Gasteiger partial charge in [0.15, 0.2) is 9.88 Å². The number of hydrogen-bond acceptors (Lipinski definition) is 7. The van der Waals surface area contributed by atoms with Gasteiger partial charge in [0.05, 0.1) is 12.8 Å². The third-order valence-electron chi connectivity index (χ3n) is 5.98. The average Bonchev–Trinajstić information content (AvgIpc) is 3.29. The number of thiazole rings is 1. The number of aromatic nitrogens is 1. The molecular formula is C23H31N3O6S2. The zero-order chi connectivity index (χ0) is 24.8. The van der Waals surface area contributed by atoms with Crippen molar-refractivity contribution in [2.24, 2.45) is 0 Å². The van der Waals surface area contributed by atoms with Gasteiger partial charge >= 0.3 is 12.0 Å². The number of ether oxygens (including phenoxy) is 1. The number of carbonyl (C=O) groups excluding carboxylic acids is 1. The number of carboxylic acid groups (broad SMARTS) is 1. The summed E-state index contributed by atoms with van der Waals surface area (Å²) in [4.78, 5) is 30.4. The van der Waals surface area contributed by atoms with Crippen molar-refractivity contribution in [1.82, 2.24) is 9.88 Å². The Morgan fingerprint density at radius 3 is 2.53 bits per heavy atom. The largest absolute Gasteiger partial charge is 0.494 e. The van der Waals surface area contributed by atoms with Gasteiger partial charge in [0.1, 0.15) is 9.96 Å². The van der Waals surface area contributed by atoms with Crippen LogP contribution in [0.1, 0.15) is 52.4 Å². The maximum atomic E-state index is 13.1. The van der Waals surface area contributed by atoms with Crippen LogP contribution in [0.4, 0.5) is 9.93 Å². The number of nitrogens with one attached hydrogen (secondary N) is 1. The second kappa shape index (κ2) is 11.2. The van der Waals surface area contributed by atoms with E-state index in [9.17, 15) is 23.1 Å². The highest BCUT2D eigenvalue weighted by molar-refractivity contribution is 7.95. The molecule has 1 saturated carbocycles. The lowest BCUT2D eigenvalue weighted by molar-refractivity contribution is -0.139. The number of amides is 2. The second-order valence-corrected chi connectivity index (χ2v) is 12.5. The van der Waals surface area contributed by atoms with Crippen molar-refractivity contribution in [1.29, 1.82) is 0 Å². The van der Waals surface area contributed by atoms with Crippen LogP contribution in [0.25, 0.3) is 0 Å². The lowest BCUT2D eigenvalue weighted by Crippen LogP contribution is -2.44. The Morgan fingerprint density at radius 2 is 1.88 bits per heavy atom. The van der Waals surface area contributed by atoms with E-state index in [0.29, 0.717) is 19.6 Å². The number of sulfone groups is 1. The van der Waals surface area contributed by atoms with Crippen LogP contribution in [-0.2, 0) is 14.6 Å². The maximum absolute atomic E-state index is 13.1. The van der Waals surface area contributed by atoms with Gasteiger partial charge in [-0.2, -0.15) is 0 Å². The molecular weight excluding hydrogens is 478 g/mol. The molecule has 3 rings (SSSR count). The minimum atomic E-state index is -4.16. The van der Waals surface area contributed by atoms with Gasteiger partial charge in [0.25, 0.3) is 0 Å². The summed E-state index contributed by atoms with van der Waals surface area (Å²) in [5.41, 5.74) is 0. The molecule has 34 heavy (non-hydrogen) atoms. The number of para-hydroxylation sites is 1. The van der Waals surface area contributed by atoms with E-state index in [4.69, 9.17) is 4.74 Å². The highest BCUT2D eigenvalue weighted by Crippen LogP contribution is 2.32. The third-order valence-corrected chi connectivity index (χ3v) is 9.75. The fraction of sp³-hybridized carbons (Fsp3) is 0.522. The standard InChI is InChI=1S/C23H31N3O6S2/c1-23(2,20(27)28)34(30,31)19-16-24-21(33-19)25-22(29)26(17-10-5-3-6-11-17)14-9-15-32-18-12-7-4-8-13-18/h4,7-8,12-13,16-17H,3,5-6,9-11,14-15H2,1-2H3,(H,27,28)(H,24,25,29). The van der Waals surface area contributed by atoms with Gasteiger partial charge in [-0.15, -0.1) is 0 Å². The highest BCUT2D eigenvalue weighted by atomic mass is 32.2. The quantitative estimate of drug-likeness (QED) is 0.454. The molecule has 186 valence electrons. The van der Waals surface area contributed by atoms with Gasteiger partial charge in [0, 0.05) is 12.6 Å². The van der Waals surface area contributed by atoms with Crippen LogP contribution in [-0.4, -0.2) is 59.3 Å². The number of hydrogen-bond donors (Lipinski definition) is 2. The van der Waals surface area contributed by atoms with Crippen LogP contribution in [0.5, 0.6) is 5.75 Å². The van der Waals surface area contributed by atoms with Crippen LogP contribution < -0.4 is 10.1 Å². The van der Waals surface area contributed by atoms with Gasteiger partial charge in [-0.05, 0) is 45.2 Å². The molecule has 2 N–H and O–H groups in total. The first-order chi connectivity index (χ1) is 16.1. The molecule has 1 aromatic heterocycles. The Kier molecular flexibility index (Phi) is 8.53. The number of carboxylic acids is 1. The third kappa shape index (κ3) is 6.06. The summed E-state index contributed by atoms with van der Waals surface area (Å²) in [6, 6.07) is 9.23. The topological polar surface area (TPSA) is 126 Å². The number of aliphatic carboxylic acids is 1. The van der Waals surface area contributed by atoms with Crippen LogP contribution >= 0.6 is 11.3 Å². The molecule has 2 amide bonds. The minimum absolute atomic E-state index is 0.0968. The maximum Gasteiger partial charge on any atom is 0.324 e. The van der Waals surface area contributed by atoms with Gasteiger partial charge in [-0.3, -0.25) is 10.1 Å². The number of carbonyl (C=O) groups is 2. The van der Waals surface area contributed by atoms with Crippen molar-refractivity contribution in [3.05, 3.63) is 36.5 Å². The zero-order valence-corrected chi connectivity index (χ0v) is 21.0. The summed E-state index contributed by atoms with van der Waals surface area (Å²) in [5, 5.41) is 12.1. The van der Waals surface area contributed by atoms with Crippen molar-refractivity contribution >= 4 is 38.3 Å². The molecule has 0 spiro atoms. The van der Waals surface area contributed by atoms with E-state index in [-0.39, 0.29) is 21.4 Å². The Bertz CT molecular complexity index is 1080. The Morgan fingerprint density at radius 1 is 1.21 bits per heavy atom. The van der Waals surface area contributed by atoms with E-state index >= 15 is 0 Å². The molecule has 0 saturated heterocycles. The van der Waals surface area contributed by atoms with Crippen molar-refractivity contribution in [3.63, 3.8) is 0 Å². The van der Waals surface area contributed by atoms with Gasteiger partial charge < -0.3 is 14.7 Å². The molecule has 2 aromatic rings. The molecule has 1 fully saturated rings. The first kappa shape index (κ1) is 26.0. The summed E-state index contributed by atoms with van der Waals surface area (Å²) in [6.45, 7) is 3.21. The molecule has 0 bridgehead atoms. The van der Waals surface area contributed by atoms with E-state index in [1.807, 2.05) is 30.3 Å². The monoisotopic (exact) mass is 509 g/mol. The van der Waals surface area contributed by atoms with Crippen molar-refractivity contribution in [2.45, 2.75) is 67.4 Å². The van der Waals surface area contributed by atoms with Gasteiger partial charge in [0.2, 0.25) is 9.84 Å². The van der Waals surface area contributed by atoms with E-state index in [1.54, 1.807) is 4.90 Å². The molecule has 9 nitrogen and oxygen atoms in total. The first-order valence-electron chi connectivity index (χ1n) is 11.3. The predicted molar refractivity (Wildman–Crippen MR) is 130 cm³/mol. The summed E-state index contributed by atoms with van der Waals surface area (Å²) in [7, 11) is -4.16. The Labute approximate surface area is 204 Å². The van der Waals surface area contributed by atoms with Gasteiger partial charge in [-0.1, -0.05) is 48.8 Å². The van der Waals surface area contributed by atoms with E-state index in [0.717, 1.165) is 69.2 Å². The molecule has 0 aliphatic heterocycles. The molecule has 0 unspecified atom stereocenters. The molecule has 11 heteroatoms. The number of anilines is 1. The second-order valence-electron chi connectivity index (χ2n) is 8.73. The number of rotatable bonds is 10. The summed E-state index contributed by atoms with van der Waals surface area (Å²) >= 11 is 0.756.